The normalized spacial score (nSPS) is 12.1. The first-order valence-corrected chi connectivity index (χ1v) is 8.35. The summed E-state index contributed by atoms with van der Waals surface area (Å²) in [5.74, 6) is -0.840. The fourth-order valence-corrected chi connectivity index (χ4v) is 2.41. The highest BCUT2D eigenvalue weighted by Gasteiger charge is 2.35. The summed E-state index contributed by atoms with van der Waals surface area (Å²) >= 11 is 17.6. The maximum atomic E-state index is 12.4. The van der Waals surface area contributed by atoms with Crippen molar-refractivity contribution in [2.75, 3.05) is 5.32 Å². The van der Waals surface area contributed by atoms with E-state index in [1.54, 1.807) is 0 Å². The smallest absolute Gasteiger partial charge is 0.282 e. The average Bonchev–Trinajstić information content (AvgIpc) is 2.60. The lowest BCUT2D eigenvalue weighted by Crippen LogP contribution is -2.49. The van der Waals surface area contributed by atoms with E-state index in [1.807, 2.05) is 0 Å². The van der Waals surface area contributed by atoms with E-state index in [4.69, 9.17) is 34.8 Å². The number of halogens is 3. The molecule has 0 unspecified atom stereocenters. The zero-order chi connectivity index (χ0) is 20.2. The first kappa shape index (κ1) is 20.7. The molecule has 0 aliphatic rings. The number of para-hydroxylation sites is 1. The molecule has 2 aromatic carbocycles. The van der Waals surface area contributed by atoms with Crippen LogP contribution in [0.1, 0.15) is 10.4 Å². The van der Waals surface area contributed by atoms with Crippen LogP contribution in [0.15, 0.2) is 48.5 Å². The van der Waals surface area contributed by atoms with Crippen molar-refractivity contribution in [2.45, 2.75) is 9.96 Å². The Labute approximate surface area is 167 Å². The van der Waals surface area contributed by atoms with Crippen LogP contribution in [0, 0.1) is 20.2 Å². The van der Waals surface area contributed by atoms with Crippen LogP contribution in [0.5, 0.6) is 0 Å². The highest BCUT2D eigenvalue weighted by atomic mass is 35.6. The minimum absolute atomic E-state index is 0.144. The van der Waals surface area contributed by atoms with Gasteiger partial charge in [-0.3, -0.25) is 25.0 Å². The average molecular weight is 434 g/mol. The molecular formula is C15H11Cl3N4O5. The zero-order valence-electron chi connectivity index (χ0n) is 13.3. The lowest BCUT2D eigenvalue weighted by molar-refractivity contribution is -0.385. The number of benzene rings is 2. The third-order valence-electron chi connectivity index (χ3n) is 3.34. The Bertz CT molecular complexity index is 871. The third-order valence-corrected chi connectivity index (χ3v) is 3.99. The SMILES string of the molecule is O=C(N[C@@H](Nc1ccc([N+](=O)[O-])cc1)C(Cl)(Cl)Cl)c1ccccc1[N+](=O)[O-]. The Hall–Kier alpha value is -2.62. The van der Waals surface area contributed by atoms with Gasteiger partial charge in [-0.25, -0.2) is 0 Å². The standard InChI is InChI=1S/C15H11Cl3N4O5/c16-15(17,18)14(19-9-5-7-10(8-6-9)21(24)25)20-13(23)11-3-1-2-4-12(11)22(26)27/h1-8,14,19H,(H,20,23)/t14-/m1/s1. The number of nitrogens with zero attached hydrogens (tertiary/aromatic N) is 2. The van der Waals surface area contributed by atoms with Crippen molar-refractivity contribution in [3.05, 3.63) is 74.3 Å². The first-order valence-electron chi connectivity index (χ1n) is 7.21. The number of carbonyl (C=O) groups is 1. The molecule has 9 nitrogen and oxygen atoms in total. The van der Waals surface area contributed by atoms with Gasteiger partial charge in [0.25, 0.3) is 17.3 Å². The predicted octanol–water partition coefficient (Wildman–Crippen LogP) is 4.04. The number of nitro groups is 2. The van der Waals surface area contributed by atoms with Gasteiger partial charge < -0.3 is 10.6 Å². The Morgan fingerprint density at radius 1 is 0.963 bits per heavy atom. The van der Waals surface area contributed by atoms with E-state index in [0.717, 1.165) is 0 Å². The summed E-state index contributed by atoms with van der Waals surface area (Å²) in [6.45, 7) is 0. The summed E-state index contributed by atoms with van der Waals surface area (Å²) in [4.78, 5) is 32.9. The number of carbonyl (C=O) groups excluding carboxylic acids is 1. The second-order valence-corrected chi connectivity index (χ2v) is 7.54. The minimum atomic E-state index is -2.03. The third kappa shape index (κ3) is 5.43. The van der Waals surface area contributed by atoms with Gasteiger partial charge in [0.05, 0.1) is 9.85 Å². The molecule has 1 amide bonds. The molecule has 0 aliphatic carbocycles. The van der Waals surface area contributed by atoms with Gasteiger partial charge in [0.1, 0.15) is 11.7 Å². The van der Waals surface area contributed by atoms with Crippen molar-refractivity contribution in [3.8, 4) is 0 Å². The molecule has 0 spiro atoms. The van der Waals surface area contributed by atoms with Crippen molar-refractivity contribution in [2.24, 2.45) is 0 Å². The second kappa shape index (κ2) is 8.38. The second-order valence-electron chi connectivity index (χ2n) is 5.17. The van der Waals surface area contributed by atoms with E-state index in [2.05, 4.69) is 10.6 Å². The molecule has 0 fully saturated rings. The highest BCUT2D eigenvalue weighted by molar-refractivity contribution is 6.68. The monoisotopic (exact) mass is 432 g/mol. The molecule has 142 valence electrons. The molecule has 0 saturated carbocycles. The molecule has 12 heteroatoms. The molecule has 0 aliphatic heterocycles. The Morgan fingerprint density at radius 2 is 1.56 bits per heavy atom. The number of non-ortho nitro benzene ring substituents is 1. The maximum absolute atomic E-state index is 12.4. The summed E-state index contributed by atoms with van der Waals surface area (Å²) in [5.41, 5.74) is -0.449. The summed E-state index contributed by atoms with van der Waals surface area (Å²) in [6, 6.07) is 10.5. The maximum Gasteiger partial charge on any atom is 0.282 e. The molecule has 2 aromatic rings. The Balaban J connectivity index is 2.24. The quantitative estimate of drug-likeness (QED) is 0.306. The number of nitro benzene ring substituents is 2. The van der Waals surface area contributed by atoms with Crippen LogP contribution >= 0.6 is 34.8 Å². The molecule has 0 aromatic heterocycles. The van der Waals surface area contributed by atoms with Gasteiger partial charge >= 0.3 is 0 Å². The Morgan fingerprint density at radius 3 is 2.07 bits per heavy atom. The number of nitrogens with one attached hydrogen (secondary N) is 2. The van der Waals surface area contributed by atoms with Crippen LogP contribution in [0.25, 0.3) is 0 Å². The summed E-state index contributed by atoms with van der Waals surface area (Å²) < 4.78 is -2.03. The fourth-order valence-electron chi connectivity index (χ4n) is 2.08. The molecule has 0 bridgehead atoms. The van der Waals surface area contributed by atoms with E-state index < -0.39 is 31.4 Å². The van der Waals surface area contributed by atoms with Crippen LogP contribution < -0.4 is 10.6 Å². The number of hydrogen-bond acceptors (Lipinski definition) is 6. The summed E-state index contributed by atoms with van der Waals surface area (Å²) in [7, 11) is 0. The van der Waals surface area contributed by atoms with Crippen molar-refractivity contribution in [1.82, 2.24) is 5.32 Å². The lowest BCUT2D eigenvalue weighted by atomic mass is 10.1. The van der Waals surface area contributed by atoms with E-state index >= 15 is 0 Å². The van der Waals surface area contributed by atoms with E-state index in [-0.39, 0.29) is 11.3 Å². The van der Waals surface area contributed by atoms with Gasteiger partial charge in [-0.1, -0.05) is 46.9 Å². The molecule has 0 radical (unpaired) electrons. The number of hydrogen-bond donors (Lipinski definition) is 2. The Kier molecular flexibility index (Phi) is 6.42. The first-order chi connectivity index (χ1) is 12.6. The minimum Gasteiger partial charge on any atom is -0.362 e. The molecular weight excluding hydrogens is 423 g/mol. The number of alkyl halides is 3. The van der Waals surface area contributed by atoms with Gasteiger partial charge in [-0.2, -0.15) is 0 Å². The van der Waals surface area contributed by atoms with Crippen LogP contribution in [0.3, 0.4) is 0 Å². The number of amides is 1. The van der Waals surface area contributed by atoms with Gasteiger partial charge in [-0.05, 0) is 18.2 Å². The van der Waals surface area contributed by atoms with Crippen LogP contribution in [0.2, 0.25) is 0 Å². The van der Waals surface area contributed by atoms with Crippen molar-refractivity contribution in [1.29, 1.82) is 0 Å². The van der Waals surface area contributed by atoms with Gasteiger partial charge in [0.2, 0.25) is 3.79 Å². The van der Waals surface area contributed by atoms with E-state index in [1.165, 1.54) is 48.5 Å². The summed E-state index contributed by atoms with van der Waals surface area (Å²) in [6.07, 6.45) is -1.28. The fraction of sp³-hybridized carbons (Fsp3) is 0.133. The summed E-state index contributed by atoms with van der Waals surface area (Å²) in [5, 5.41) is 26.8. The zero-order valence-corrected chi connectivity index (χ0v) is 15.5. The van der Waals surface area contributed by atoms with E-state index in [0.29, 0.717) is 5.69 Å². The molecule has 2 rings (SSSR count). The van der Waals surface area contributed by atoms with Crippen molar-refractivity contribution in [3.63, 3.8) is 0 Å². The van der Waals surface area contributed by atoms with Crippen molar-refractivity contribution < 1.29 is 14.6 Å². The van der Waals surface area contributed by atoms with Gasteiger partial charge in [-0.15, -0.1) is 0 Å². The van der Waals surface area contributed by atoms with Gasteiger partial charge in [0.15, 0.2) is 0 Å². The van der Waals surface area contributed by atoms with E-state index in [9.17, 15) is 25.0 Å². The predicted molar refractivity (Wildman–Crippen MR) is 101 cm³/mol. The lowest BCUT2D eigenvalue weighted by Gasteiger charge is -2.27. The largest absolute Gasteiger partial charge is 0.362 e. The topological polar surface area (TPSA) is 127 Å². The molecule has 1 atom stereocenters. The highest BCUT2D eigenvalue weighted by Crippen LogP contribution is 2.32. The molecule has 0 saturated heterocycles. The molecule has 2 N–H and O–H groups in total. The molecule has 0 heterocycles. The van der Waals surface area contributed by atoms with Crippen LogP contribution in [0.4, 0.5) is 17.1 Å². The van der Waals surface area contributed by atoms with Crippen molar-refractivity contribution >= 4 is 57.8 Å². The molecule has 27 heavy (non-hydrogen) atoms. The van der Waals surface area contributed by atoms with Crippen LogP contribution in [-0.4, -0.2) is 25.7 Å². The van der Waals surface area contributed by atoms with Crippen LogP contribution in [-0.2, 0) is 0 Å². The number of rotatable bonds is 6. The van der Waals surface area contributed by atoms with Gasteiger partial charge in [0, 0.05) is 23.9 Å². The number of anilines is 1.